The summed E-state index contributed by atoms with van der Waals surface area (Å²) < 4.78 is 1.90. The second-order valence-corrected chi connectivity index (χ2v) is 10.9. The average molecular weight is 544 g/mol. The van der Waals surface area contributed by atoms with Crippen molar-refractivity contribution in [2.24, 2.45) is 5.92 Å². The van der Waals surface area contributed by atoms with Gasteiger partial charge in [-0.1, -0.05) is 56.4 Å². The van der Waals surface area contributed by atoms with Crippen molar-refractivity contribution in [1.82, 2.24) is 29.7 Å². The number of nitrogens with zero attached hydrogens (tertiary/aromatic N) is 7. The largest absolute Gasteiger partial charge is 0.358 e. The lowest BCUT2D eigenvalue weighted by molar-refractivity contribution is -0.122. The van der Waals surface area contributed by atoms with Crippen molar-refractivity contribution < 1.29 is 4.79 Å². The zero-order chi connectivity index (χ0) is 28.5. The van der Waals surface area contributed by atoms with Crippen molar-refractivity contribution >= 4 is 23.4 Å². The summed E-state index contributed by atoms with van der Waals surface area (Å²) >= 11 is 0. The molecule has 1 atom stereocenters. The second kappa shape index (κ2) is 13.9. The molecule has 0 aliphatic heterocycles. The van der Waals surface area contributed by atoms with Crippen LogP contribution in [0.5, 0.6) is 0 Å². The van der Waals surface area contributed by atoms with Crippen LogP contribution in [0.15, 0.2) is 42.9 Å². The van der Waals surface area contributed by atoms with Crippen molar-refractivity contribution in [2.75, 3.05) is 37.9 Å². The molecule has 2 N–H and O–H groups in total. The van der Waals surface area contributed by atoms with Gasteiger partial charge in [-0.25, -0.2) is 9.83 Å². The van der Waals surface area contributed by atoms with E-state index in [9.17, 15) is 4.79 Å². The minimum Gasteiger partial charge on any atom is -0.358 e. The molecule has 1 aromatic carbocycles. The smallest absolute Gasteiger partial charge is 0.242 e. The number of nitrogens with one attached hydrogen (secondary N) is 2. The summed E-state index contributed by atoms with van der Waals surface area (Å²) in [5, 5.41) is 6.59. The van der Waals surface area contributed by atoms with Crippen LogP contribution in [-0.4, -0.2) is 64.1 Å². The third-order valence-electron chi connectivity index (χ3n) is 7.36. The van der Waals surface area contributed by atoms with Gasteiger partial charge in [-0.2, -0.15) is 9.97 Å². The van der Waals surface area contributed by atoms with Crippen LogP contribution in [0.25, 0.3) is 10.7 Å². The Kier molecular flexibility index (Phi) is 10.1. The fourth-order valence-corrected chi connectivity index (χ4v) is 5.00. The Balaban J connectivity index is 1.57. The van der Waals surface area contributed by atoms with Crippen molar-refractivity contribution in [2.45, 2.75) is 64.6 Å². The molecule has 212 valence electrons. The van der Waals surface area contributed by atoms with Gasteiger partial charge in [0.25, 0.3) is 0 Å². The molecule has 1 unspecified atom stereocenters. The van der Waals surface area contributed by atoms with Crippen LogP contribution in [0.1, 0.15) is 56.7 Å². The van der Waals surface area contributed by atoms with E-state index >= 15 is 0 Å². The highest BCUT2D eigenvalue weighted by Crippen LogP contribution is 2.29. The van der Waals surface area contributed by atoms with E-state index in [0.717, 1.165) is 43.6 Å². The highest BCUT2D eigenvalue weighted by Gasteiger charge is 2.25. The van der Waals surface area contributed by atoms with Gasteiger partial charge in [-0.3, -0.25) is 9.36 Å². The van der Waals surface area contributed by atoms with Crippen LogP contribution >= 0.6 is 0 Å². The number of rotatable bonds is 12. The van der Waals surface area contributed by atoms with Crippen molar-refractivity contribution in [3.8, 4) is 5.82 Å². The molecule has 0 spiro atoms. The van der Waals surface area contributed by atoms with E-state index in [1.54, 1.807) is 18.5 Å². The number of imidazole rings is 1. The van der Waals surface area contributed by atoms with E-state index in [4.69, 9.17) is 16.5 Å². The summed E-state index contributed by atoms with van der Waals surface area (Å²) in [5.74, 6) is 2.34. The normalized spacial score (nSPS) is 14.5. The van der Waals surface area contributed by atoms with Crippen molar-refractivity contribution in [1.29, 1.82) is 0 Å². The van der Waals surface area contributed by atoms with Gasteiger partial charge in [0.05, 0.1) is 12.3 Å². The predicted molar refractivity (Wildman–Crippen MR) is 159 cm³/mol. The summed E-state index contributed by atoms with van der Waals surface area (Å²) in [6.07, 6.45) is 10.5. The van der Waals surface area contributed by atoms with Gasteiger partial charge in [0.15, 0.2) is 5.69 Å². The molecule has 1 aliphatic rings. The maximum Gasteiger partial charge on any atom is 0.242 e. The molecule has 3 aromatic rings. The lowest BCUT2D eigenvalue weighted by Gasteiger charge is -2.27. The topological polar surface area (TPSA) is 95.6 Å². The van der Waals surface area contributed by atoms with Crippen LogP contribution in [0.2, 0.25) is 0 Å². The minimum absolute atomic E-state index is 0.0544. The maximum absolute atomic E-state index is 13.6. The fraction of sp³-hybridized carbons (Fsp3) is 0.500. The van der Waals surface area contributed by atoms with E-state index in [2.05, 4.69) is 32.3 Å². The molecule has 1 aliphatic carbocycles. The molecular weight excluding hydrogens is 502 g/mol. The minimum atomic E-state index is -0.430. The Hall–Kier alpha value is -3.97. The summed E-state index contributed by atoms with van der Waals surface area (Å²) in [6, 6.07) is 8.78. The van der Waals surface area contributed by atoms with Crippen LogP contribution in [0.4, 0.5) is 17.5 Å². The van der Waals surface area contributed by atoms with Gasteiger partial charge >= 0.3 is 0 Å². The van der Waals surface area contributed by atoms with Crippen molar-refractivity contribution in [3.63, 3.8) is 0 Å². The molecule has 10 heteroatoms. The summed E-state index contributed by atoms with van der Waals surface area (Å²) in [5.41, 5.74) is 2.50. The lowest BCUT2D eigenvalue weighted by Crippen LogP contribution is -2.41. The number of benzene rings is 1. The van der Waals surface area contributed by atoms with E-state index in [-0.39, 0.29) is 5.91 Å². The number of anilines is 2. The molecule has 0 radical (unpaired) electrons. The molecule has 0 bridgehead atoms. The zero-order valence-corrected chi connectivity index (χ0v) is 24.1. The Morgan fingerprint density at radius 2 is 1.90 bits per heavy atom. The number of aromatic nitrogens is 4. The van der Waals surface area contributed by atoms with Gasteiger partial charge in [-0.15, -0.1) is 0 Å². The second-order valence-electron chi connectivity index (χ2n) is 10.9. The number of hydrogen-bond acceptors (Lipinski definition) is 7. The van der Waals surface area contributed by atoms with Crippen LogP contribution in [-0.2, 0) is 17.9 Å². The number of amides is 1. The van der Waals surface area contributed by atoms with Gasteiger partial charge in [-0.05, 0) is 38.9 Å². The van der Waals surface area contributed by atoms with Gasteiger partial charge in [0.1, 0.15) is 24.0 Å². The van der Waals surface area contributed by atoms with E-state index in [1.165, 1.54) is 19.3 Å². The van der Waals surface area contributed by atoms with Crippen molar-refractivity contribution in [3.05, 3.63) is 65.5 Å². The van der Waals surface area contributed by atoms with E-state index in [1.807, 2.05) is 55.0 Å². The van der Waals surface area contributed by atoms with Crippen LogP contribution in [0, 0.1) is 12.5 Å². The Morgan fingerprint density at radius 1 is 1.15 bits per heavy atom. The molecule has 4 rings (SSSR count). The lowest BCUT2D eigenvalue weighted by atomic mass is 9.84. The Morgan fingerprint density at radius 3 is 2.58 bits per heavy atom. The highest BCUT2D eigenvalue weighted by atomic mass is 16.2. The van der Waals surface area contributed by atoms with E-state index < -0.39 is 6.04 Å². The number of hydrogen-bond donors (Lipinski definition) is 2. The molecular formula is C30H41N9O. The molecule has 1 saturated carbocycles. The Labute approximate surface area is 237 Å². The van der Waals surface area contributed by atoms with Crippen LogP contribution < -0.4 is 15.5 Å². The van der Waals surface area contributed by atoms with Crippen LogP contribution in [0.3, 0.4) is 0 Å². The molecule has 2 heterocycles. The first-order valence-electron chi connectivity index (χ1n) is 14.1. The first kappa shape index (κ1) is 29.0. The molecule has 1 fully saturated rings. The molecule has 2 aromatic heterocycles. The number of carbonyl (C=O) groups is 1. The van der Waals surface area contributed by atoms with Gasteiger partial charge < -0.3 is 20.4 Å². The fourth-order valence-electron chi connectivity index (χ4n) is 5.00. The SMILES string of the molecule is [C-]#[N+]c1ccc(CNC(=O)C(CC2CCCCC2)Nc2cc(-n3cnc(CN(C)C)c3)nc(N(C)CC)n2)cc1. The standard InChI is InChI=1S/C30H41N9O/c1-6-38(5)30-35-27(17-28(36-30)39-20-25(33-21-39)19-37(3)4)34-26(16-22-10-8-7-9-11-22)29(40)32-18-23-12-14-24(31-2)15-13-23/h12-15,17,20-22,26H,6-11,16,18-19H2,1,3-5H3,(H,32,40)(H,34,35,36). The Bertz CT molecular complexity index is 1290. The monoisotopic (exact) mass is 543 g/mol. The zero-order valence-electron chi connectivity index (χ0n) is 24.1. The third kappa shape index (κ3) is 8.02. The summed E-state index contributed by atoms with van der Waals surface area (Å²) in [4.78, 5) is 35.2. The maximum atomic E-state index is 13.6. The molecule has 1 amide bonds. The first-order chi connectivity index (χ1) is 19.3. The first-order valence-corrected chi connectivity index (χ1v) is 14.1. The van der Waals surface area contributed by atoms with Gasteiger partial charge in [0.2, 0.25) is 11.9 Å². The molecule has 0 saturated heterocycles. The average Bonchev–Trinajstić information content (AvgIpc) is 3.43. The summed E-state index contributed by atoms with van der Waals surface area (Å²) in [7, 11) is 5.99. The molecule has 40 heavy (non-hydrogen) atoms. The third-order valence-corrected chi connectivity index (χ3v) is 7.36. The van der Waals surface area contributed by atoms with E-state index in [0.29, 0.717) is 35.7 Å². The van der Waals surface area contributed by atoms with Gasteiger partial charge in [0, 0.05) is 38.9 Å². The molecule has 10 nitrogen and oxygen atoms in total. The highest BCUT2D eigenvalue weighted by molar-refractivity contribution is 5.84. The number of carbonyl (C=O) groups excluding carboxylic acids is 1. The predicted octanol–water partition coefficient (Wildman–Crippen LogP) is 4.80. The summed E-state index contributed by atoms with van der Waals surface area (Å²) in [6.45, 7) is 11.1. The quantitative estimate of drug-likeness (QED) is 0.317.